The molecule has 2 N–H and O–H groups in total. The van der Waals surface area contributed by atoms with Crippen LogP contribution < -0.4 is 5.73 Å². The molecule has 7 heteroatoms. The zero-order valence-corrected chi connectivity index (χ0v) is 16.0. The lowest BCUT2D eigenvalue weighted by atomic mass is 9.95. The van der Waals surface area contributed by atoms with Crippen LogP contribution in [0.15, 0.2) is 24.3 Å². The Morgan fingerprint density at radius 1 is 1.16 bits per heavy atom. The fourth-order valence-electron chi connectivity index (χ4n) is 2.96. The van der Waals surface area contributed by atoms with Gasteiger partial charge in [0.25, 0.3) is 5.91 Å². The van der Waals surface area contributed by atoms with Crippen LogP contribution in [0.5, 0.6) is 0 Å². The van der Waals surface area contributed by atoms with Crippen LogP contribution in [-0.4, -0.2) is 52.8 Å². The van der Waals surface area contributed by atoms with Gasteiger partial charge in [-0.3, -0.25) is 9.59 Å². The van der Waals surface area contributed by atoms with E-state index in [9.17, 15) is 14.0 Å². The molecule has 2 rings (SSSR count). The van der Waals surface area contributed by atoms with Crippen molar-refractivity contribution in [3.63, 3.8) is 0 Å². The van der Waals surface area contributed by atoms with E-state index in [4.69, 9.17) is 5.73 Å². The smallest absolute Gasteiger partial charge is 0.254 e. The highest BCUT2D eigenvalue weighted by molar-refractivity contribution is 5.95. The van der Waals surface area contributed by atoms with Gasteiger partial charge >= 0.3 is 0 Å². The van der Waals surface area contributed by atoms with Gasteiger partial charge in [-0.25, -0.2) is 4.39 Å². The number of halogens is 2. The molecule has 1 heterocycles. The maximum atomic E-state index is 13.0. The van der Waals surface area contributed by atoms with Crippen LogP contribution >= 0.6 is 12.4 Å². The number of hydrogen-bond donors (Lipinski definition) is 1. The average Bonchev–Trinajstić information content (AvgIpc) is 2.52. The maximum Gasteiger partial charge on any atom is 0.254 e. The molecule has 25 heavy (non-hydrogen) atoms. The van der Waals surface area contributed by atoms with Crippen LogP contribution in [0.4, 0.5) is 4.39 Å². The van der Waals surface area contributed by atoms with Crippen molar-refractivity contribution in [2.45, 2.75) is 39.3 Å². The van der Waals surface area contributed by atoms with Gasteiger partial charge in [0.2, 0.25) is 5.91 Å². The molecule has 2 amide bonds. The Labute approximate surface area is 154 Å². The molecule has 0 bridgehead atoms. The van der Waals surface area contributed by atoms with Gasteiger partial charge in [0.1, 0.15) is 5.82 Å². The summed E-state index contributed by atoms with van der Waals surface area (Å²) in [7, 11) is 0. The van der Waals surface area contributed by atoms with Crippen molar-refractivity contribution in [2.75, 3.05) is 19.6 Å². The lowest BCUT2D eigenvalue weighted by Crippen LogP contribution is -2.64. The molecule has 1 aromatic carbocycles. The molecule has 0 aliphatic carbocycles. The van der Waals surface area contributed by atoms with Crippen LogP contribution in [0, 0.1) is 11.7 Å². The van der Waals surface area contributed by atoms with Crippen LogP contribution in [0.25, 0.3) is 0 Å². The number of benzene rings is 1. The summed E-state index contributed by atoms with van der Waals surface area (Å²) in [4.78, 5) is 28.7. The summed E-state index contributed by atoms with van der Waals surface area (Å²) in [5.41, 5.74) is 5.90. The van der Waals surface area contributed by atoms with Gasteiger partial charge in [-0.2, -0.15) is 0 Å². The normalized spacial score (nSPS) is 17.9. The number of carbonyl (C=O) groups is 2. The molecule has 0 spiro atoms. The Balaban J connectivity index is 0.00000312. The van der Waals surface area contributed by atoms with E-state index in [0.29, 0.717) is 25.2 Å². The van der Waals surface area contributed by atoms with Crippen LogP contribution in [-0.2, 0) is 4.79 Å². The molecule has 1 aromatic rings. The van der Waals surface area contributed by atoms with Crippen LogP contribution in [0.1, 0.15) is 38.1 Å². The number of rotatable bonds is 3. The van der Waals surface area contributed by atoms with Crippen molar-refractivity contribution in [2.24, 2.45) is 11.7 Å². The van der Waals surface area contributed by atoms with Gasteiger partial charge in [-0.15, -0.1) is 12.4 Å². The number of nitrogens with zero attached hydrogens (tertiary/aromatic N) is 2. The van der Waals surface area contributed by atoms with Crippen molar-refractivity contribution in [1.29, 1.82) is 0 Å². The minimum Gasteiger partial charge on any atom is -0.337 e. The predicted octanol–water partition coefficient (Wildman–Crippen LogP) is 2.29. The van der Waals surface area contributed by atoms with E-state index >= 15 is 0 Å². The Morgan fingerprint density at radius 3 is 2.20 bits per heavy atom. The quantitative estimate of drug-likeness (QED) is 0.886. The number of carbonyl (C=O) groups excluding carboxylic acids is 2. The number of amides is 2. The third kappa shape index (κ3) is 4.70. The Kier molecular flexibility index (Phi) is 6.97. The first-order valence-corrected chi connectivity index (χ1v) is 8.25. The molecule has 1 aliphatic heterocycles. The first-order chi connectivity index (χ1) is 11.1. The number of piperazine rings is 1. The Bertz CT molecular complexity index is 619. The van der Waals surface area contributed by atoms with E-state index in [0.717, 1.165) is 0 Å². The number of nitrogens with two attached hydrogens (primary N) is 1. The molecule has 1 saturated heterocycles. The molecule has 0 unspecified atom stereocenters. The highest BCUT2D eigenvalue weighted by Gasteiger charge is 2.39. The Hall–Kier alpha value is -1.66. The summed E-state index contributed by atoms with van der Waals surface area (Å²) < 4.78 is 13.0. The zero-order chi connectivity index (χ0) is 18.1. The third-order valence-electron chi connectivity index (χ3n) is 4.55. The molecule has 5 nitrogen and oxygen atoms in total. The Morgan fingerprint density at radius 2 is 1.72 bits per heavy atom. The second kappa shape index (κ2) is 8.15. The van der Waals surface area contributed by atoms with Crippen molar-refractivity contribution >= 4 is 24.2 Å². The highest BCUT2D eigenvalue weighted by Crippen LogP contribution is 2.24. The lowest BCUT2D eigenvalue weighted by molar-refractivity contribution is -0.137. The molecular weight excluding hydrogens is 345 g/mol. The second-order valence-corrected chi connectivity index (χ2v) is 7.31. The standard InChI is InChI=1S/C18H26FN3O2.ClH/c1-12(2)15(20)17(24)21-9-10-22(18(3,4)11-21)16(23)13-5-7-14(19)8-6-13;/h5-8,12,15H,9-11,20H2,1-4H3;1H/t15-;/m0./s1. The predicted molar refractivity (Wildman–Crippen MR) is 98.2 cm³/mol. The van der Waals surface area contributed by atoms with Gasteiger partial charge in [-0.1, -0.05) is 13.8 Å². The SMILES string of the molecule is CC(C)[C@H](N)C(=O)N1CCN(C(=O)c2ccc(F)cc2)C(C)(C)C1.Cl. The molecule has 0 radical (unpaired) electrons. The van der Waals surface area contributed by atoms with Gasteiger partial charge < -0.3 is 15.5 Å². The summed E-state index contributed by atoms with van der Waals surface area (Å²) in [6.07, 6.45) is 0. The van der Waals surface area contributed by atoms with E-state index in [1.54, 1.807) is 9.80 Å². The second-order valence-electron chi connectivity index (χ2n) is 7.31. The van der Waals surface area contributed by atoms with Gasteiger partial charge in [0, 0.05) is 25.2 Å². The van der Waals surface area contributed by atoms with Gasteiger partial charge in [0.15, 0.2) is 0 Å². The fourth-order valence-corrected chi connectivity index (χ4v) is 2.96. The van der Waals surface area contributed by atoms with Crippen molar-refractivity contribution in [3.05, 3.63) is 35.6 Å². The van der Waals surface area contributed by atoms with Gasteiger partial charge in [-0.05, 0) is 44.0 Å². The van der Waals surface area contributed by atoms with E-state index in [-0.39, 0.29) is 36.0 Å². The fraction of sp³-hybridized carbons (Fsp3) is 0.556. The van der Waals surface area contributed by atoms with Crippen molar-refractivity contribution in [1.82, 2.24) is 9.80 Å². The first kappa shape index (κ1) is 21.4. The van der Waals surface area contributed by atoms with E-state index < -0.39 is 11.6 Å². The van der Waals surface area contributed by atoms with Crippen LogP contribution in [0.3, 0.4) is 0 Å². The first-order valence-electron chi connectivity index (χ1n) is 8.25. The van der Waals surface area contributed by atoms with Crippen molar-refractivity contribution < 1.29 is 14.0 Å². The summed E-state index contributed by atoms with van der Waals surface area (Å²) in [5, 5.41) is 0. The van der Waals surface area contributed by atoms with E-state index in [1.807, 2.05) is 27.7 Å². The maximum absolute atomic E-state index is 13.0. The molecule has 140 valence electrons. The van der Waals surface area contributed by atoms with E-state index in [2.05, 4.69) is 0 Å². The third-order valence-corrected chi connectivity index (χ3v) is 4.55. The summed E-state index contributed by atoms with van der Waals surface area (Å²) >= 11 is 0. The number of hydrogen-bond acceptors (Lipinski definition) is 3. The molecule has 0 aromatic heterocycles. The average molecular weight is 372 g/mol. The van der Waals surface area contributed by atoms with Gasteiger partial charge in [0.05, 0.1) is 11.6 Å². The minimum atomic E-state index is -0.528. The van der Waals surface area contributed by atoms with Crippen molar-refractivity contribution in [3.8, 4) is 0 Å². The highest BCUT2D eigenvalue weighted by atomic mass is 35.5. The minimum absolute atomic E-state index is 0. The largest absolute Gasteiger partial charge is 0.337 e. The summed E-state index contributed by atoms with van der Waals surface area (Å²) in [6.45, 7) is 9.00. The topological polar surface area (TPSA) is 66.6 Å². The lowest BCUT2D eigenvalue weighted by Gasteiger charge is -2.47. The summed E-state index contributed by atoms with van der Waals surface area (Å²) in [6, 6.07) is 5.00. The summed E-state index contributed by atoms with van der Waals surface area (Å²) in [5.74, 6) is -0.532. The monoisotopic (exact) mass is 371 g/mol. The molecule has 0 saturated carbocycles. The molecule has 1 aliphatic rings. The van der Waals surface area contributed by atoms with Crippen LogP contribution in [0.2, 0.25) is 0 Å². The molecule has 1 atom stereocenters. The molecule has 1 fully saturated rings. The zero-order valence-electron chi connectivity index (χ0n) is 15.2. The molecular formula is C18H27ClFN3O2. The van der Waals surface area contributed by atoms with E-state index in [1.165, 1.54) is 24.3 Å².